The number of fused-ring (bicyclic) bond motifs is 1. The topological polar surface area (TPSA) is 3.24 Å². The van der Waals surface area contributed by atoms with Gasteiger partial charge in [0.1, 0.15) is 0 Å². The molecule has 1 nitrogen and oxygen atoms in total. The molecule has 0 amide bonds. The first-order valence-electron chi connectivity index (χ1n) is 6.84. The molecule has 1 aliphatic carbocycles. The quantitative estimate of drug-likeness (QED) is 0.798. The molecule has 1 saturated heterocycles. The van der Waals surface area contributed by atoms with Crippen molar-refractivity contribution in [2.24, 2.45) is 0 Å². The lowest BCUT2D eigenvalue weighted by atomic mass is 9.99. The van der Waals surface area contributed by atoms with Crippen molar-refractivity contribution < 1.29 is 0 Å². The van der Waals surface area contributed by atoms with Crippen LogP contribution in [0.5, 0.6) is 0 Å². The Morgan fingerprint density at radius 1 is 1.18 bits per heavy atom. The molecule has 92 valence electrons. The summed E-state index contributed by atoms with van der Waals surface area (Å²) in [4.78, 5) is 2.67. The molecule has 1 heterocycles. The SMILES string of the molecule is Brc1cccc2c1CCC2CN1CCCCC1. The average Bonchev–Trinajstić information content (AvgIpc) is 2.76. The van der Waals surface area contributed by atoms with E-state index in [1.165, 1.54) is 56.2 Å². The lowest BCUT2D eigenvalue weighted by Gasteiger charge is -2.29. The van der Waals surface area contributed by atoms with Gasteiger partial charge < -0.3 is 4.90 Å². The molecular weight excluding hydrogens is 274 g/mol. The highest BCUT2D eigenvalue weighted by Crippen LogP contribution is 2.37. The van der Waals surface area contributed by atoms with Gasteiger partial charge in [-0.2, -0.15) is 0 Å². The van der Waals surface area contributed by atoms with Crippen LogP contribution in [0.3, 0.4) is 0 Å². The molecule has 0 radical (unpaired) electrons. The van der Waals surface area contributed by atoms with Gasteiger partial charge in [0.05, 0.1) is 0 Å². The van der Waals surface area contributed by atoms with E-state index in [0.29, 0.717) is 0 Å². The Balaban J connectivity index is 1.72. The summed E-state index contributed by atoms with van der Waals surface area (Å²) in [6, 6.07) is 6.71. The van der Waals surface area contributed by atoms with Crippen molar-refractivity contribution in [1.29, 1.82) is 0 Å². The Morgan fingerprint density at radius 3 is 2.82 bits per heavy atom. The summed E-state index contributed by atoms with van der Waals surface area (Å²) in [5.74, 6) is 0.778. The Labute approximate surface area is 112 Å². The second-order valence-corrected chi connectivity index (χ2v) is 6.26. The van der Waals surface area contributed by atoms with E-state index >= 15 is 0 Å². The van der Waals surface area contributed by atoms with Gasteiger partial charge >= 0.3 is 0 Å². The Kier molecular flexibility index (Phi) is 3.53. The van der Waals surface area contributed by atoms with E-state index in [2.05, 4.69) is 39.0 Å². The minimum Gasteiger partial charge on any atom is -0.303 e. The van der Waals surface area contributed by atoms with Gasteiger partial charge in [-0.15, -0.1) is 0 Å². The van der Waals surface area contributed by atoms with Gasteiger partial charge in [0.2, 0.25) is 0 Å². The van der Waals surface area contributed by atoms with Crippen molar-refractivity contribution >= 4 is 15.9 Å². The summed E-state index contributed by atoms with van der Waals surface area (Å²) in [7, 11) is 0. The highest BCUT2D eigenvalue weighted by atomic mass is 79.9. The fourth-order valence-corrected chi connectivity index (χ4v) is 3.92. The van der Waals surface area contributed by atoms with Gasteiger partial charge in [0, 0.05) is 11.0 Å². The third-order valence-corrected chi connectivity index (χ3v) is 5.01. The molecule has 0 aromatic heterocycles. The van der Waals surface area contributed by atoms with Crippen molar-refractivity contribution in [2.75, 3.05) is 19.6 Å². The summed E-state index contributed by atoms with van der Waals surface area (Å²) in [5, 5.41) is 0. The standard InChI is InChI=1S/C15H20BrN/c16-15-6-4-5-13-12(7-8-14(13)15)11-17-9-2-1-3-10-17/h4-6,12H,1-3,7-11H2. The van der Waals surface area contributed by atoms with Crippen LogP contribution in [0.2, 0.25) is 0 Å². The van der Waals surface area contributed by atoms with Crippen LogP contribution >= 0.6 is 15.9 Å². The van der Waals surface area contributed by atoms with Crippen molar-refractivity contribution in [1.82, 2.24) is 4.90 Å². The molecule has 17 heavy (non-hydrogen) atoms. The minimum atomic E-state index is 0.778. The average molecular weight is 294 g/mol. The monoisotopic (exact) mass is 293 g/mol. The van der Waals surface area contributed by atoms with Crippen LogP contribution < -0.4 is 0 Å². The number of halogens is 1. The molecule has 3 rings (SSSR count). The lowest BCUT2D eigenvalue weighted by Crippen LogP contribution is -2.33. The van der Waals surface area contributed by atoms with Gasteiger partial charge in [-0.05, 0) is 61.9 Å². The Morgan fingerprint density at radius 2 is 2.00 bits per heavy atom. The van der Waals surface area contributed by atoms with Crippen LogP contribution in [-0.4, -0.2) is 24.5 Å². The molecule has 0 saturated carbocycles. The van der Waals surface area contributed by atoms with E-state index in [9.17, 15) is 0 Å². The second-order valence-electron chi connectivity index (χ2n) is 5.40. The summed E-state index contributed by atoms with van der Waals surface area (Å²) < 4.78 is 1.32. The summed E-state index contributed by atoms with van der Waals surface area (Å²) in [5.41, 5.74) is 3.17. The predicted molar refractivity (Wildman–Crippen MR) is 75.5 cm³/mol. The number of likely N-dealkylation sites (tertiary alicyclic amines) is 1. The van der Waals surface area contributed by atoms with E-state index < -0.39 is 0 Å². The molecule has 1 atom stereocenters. The Hall–Kier alpha value is -0.340. The number of rotatable bonds is 2. The summed E-state index contributed by atoms with van der Waals surface area (Å²) in [6.45, 7) is 3.92. The molecule has 1 aromatic carbocycles. The van der Waals surface area contributed by atoms with Crippen molar-refractivity contribution in [2.45, 2.75) is 38.0 Å². The van der Waals surface area contributed by atoms with Crippen LogP contribution in [0.25, 0.3) is 0 Å². The van der Waals surface area contributed by atoms with E-state index in [1.807, 2.05) is 0 Å². The summed E-state index contributed by atoms with van der Waals surface area (Å²) >= 11 is 3.69. The molecule has 0 spiro atoms. The number of hydrogen-bond donors (Lipinski definition) is 0. The molecule has 2 heteroatoms. The maximum Gasteiger partial charge on any atom is 0.0210 e. The molecular formula is C15H20BrN. The van der Waals surface area contributed by atoms with Crippen molar-refractivity contribution in [3.8, 4) is 0 Å². The van der Waals surface area contributed by atoms with E-state index in [1.54, 1.807) is 11.1 Å². The number of nitrogens with zero attached hydrogens (tertiary/aromatic N) is 1. The normalized spacial score (nSPS) is 24.9. The first kappa shape index (κ1) is 11.7. The zero-order valence-electron chi connectivity index (χ0n) is 10.3. The number of piperidine rings is 1. The maximum absolute atomic E-state index is 3.69. The highest BCUT2D eigenvalue weighted by molar-refractivity contribution is 9.10. The lowest BCUT2D eigenvalue weighted by molar-refractivity contribution is 0.215. The van der Waals surface area contributed by atoms with E-state index in [4.69, 9.17) is 0 Å². The van der Waals surface area contributed by atoms with Crippen molar-refractivity contribution in [3.63, 3.8) is 0 Å². The Bertz CT molecular complexity index is 396. The smallest absolute Gasteiger partial charge is 0.0210 e. The van der Waals surface area contributed by atoms with Crippen LogP contribution in [-0.2, 0) is 6.42 Å². The molecule has 1 aromatic rings. The van der Waals surface area contributed by atoms with E-state index in [0.717, 1.165) is 5.92 Å². The van der Waals surface area contributed by atoms with E-state index in [-0.39, 0.29) is 0 Å². The third kappa shape index (κ3) is 2.43. The van der Waals surface area contributed by atoms with Crippen LogP contribution in [0.15, 0.2) is 22.7 Å². The molecule has 1 aliphatic heterocycles. The van der Waals surface area contributed by atoms with Gasteiger partial charge in [-0.1, -0.05) is 34.5 Å². The van der Waals surface area contributed by atoms with Crippen molar-refractivity contribution in [3.05, 3.63) is 33.8 Å². The summed E-state index contributed by atoms with van der Waals surface area (Å²) in [6.07, 6.45) is 6.84. The fourth-order valence-electron chi connectivity index (χ4n) is 3.34. The highest BCUT2D eigenvalue weighted by Gasteiger charge is 2.26. The van der Waals surface area contributed by atoms with Crippen LogP contribution in [0.1, 0.15) is 42.7 Å². The predicted octanol–water partition coefficient (Wildman–Crippen LogP) is 3.96. The van der Waals surface area contributed by atoms with Crippen LogP contribution in [0, 0.1) is 0 Å². The first-order chi connectivity index (χ1) is 8.34. The maximum atomic E-state index is 3.69. The number of benzene rings is 1. The zero-order valence-corrected chi connectivity index (χ0v) is 11.9. The van der Waals surface area contributed by atoms with Gasteiger partial charge in [-0.25, -0.2) is 0 Å². The van der Waals surface area contributed by atoms with Gasteiger partial charge in [-0.3, -0.25) is 0 Å². The molecule has 1 unspecified atom stereocenters. The molecule has 0 bridgehead atoms. The fraction of sp³-hybridized carbons (Fsp3) is 0.600. The van der Waals surface area contributed by atoms with Gasteiger partial charge in [0.15, 0.2) is 0 Å². The molecule has 0 N–H and O–H groups in total. The zero-order chi connectivity index (χ0) is 11.7. The first-order valence-corrected chi connectivity index (χ1v) is 7.63. The molecule has 2 aliphatic rings. The second kappa shape index (κ2) is 5.11. The minimum absolute atomic E-state index is 0.778. The molecule has 1 fully saturated rings. The number of hydrogen-bond acceptors (Lipinski definition) is 1. The largest absolute Gasteiger partial charge is 0.303 e. The third-order valence-electron chi connectivity index (χ3n) is 4.26. The van der Waals surface area contributed by atoms with Crippen LogP contribution in [0.4, 0.5) is 0 Å². The van der Waals surface area contributed by atoms with Gasteiger partial charge in [0.25, 0.3) is 0 Å².